The van der Waals surface area contributed by atoms with Gasteiger partial charge in [-0.1, -0.05) is 54.1 Å². The van der Waals surface area contributed by atoms with Crippen molar-refractivity contribution in [3.63, 3.8) is 0 Å². The van der Waals surface area contributed by atoms with Gasteiger partial charge in [-0.15, -0.1) is 0 Å². The van der Waals surface area contributed by atoms with E-state index < -0.39 is 34.3 Å². The van der Waals surface area contributed by atoms with Gasteiger partial charge in [0.1, 0.15) is 18.4 Å². The molecule has 0 saturated heterocycles. The molecule has 1 atom stereocenters. The summed E-state index contributed by atoms with van der Waals surface area (Å²) in [6.45, 7) is 4.77. The predicted molar refractivity (Wildman–Crippen MR) is 153 cm³/mol. The van der Waals surface area contributed by atoms with Crippen molar-refractivity contribution in [2.75, 3.05) is 17.1 Å². The van der Waals surface area contributed by atoms with E-state index in [-0.39, 0.29) is 24.9 Å². The van der Waals surface area contributed by atoms with Gasteiger partial charge in [0.2, 0.25) is 21.8 Å². The highest BCUT2D eigenvalue weighted by Crippen LogP contribution is 2.26. The Kier molecular flexibility index (Phi) is 10.1. The number of amides is 2. The molecule has 0 bridgehead atoms. The Morgan fingerprint density at radius 2 is 1.62 bits per heavy atom. The monoisotopic (exact) mass is 573 g/mol. The summed E-state index contributed by atoms with van der Waals surface area (Å²) in [5.74, 6) is -1.40. The van der Waals surface area contributed by atoms with Gasteiger partial charge in [-0.3, -0.25) is 13.9 Å². The normalized spacial score (nSPS) is 12.2. The maximum absolute atomic E-state index is 14.0. The fraction of sp³-hybridized carbons (Fsp3) is 0.310. The minimum Gasteiger partial charge on any atom is -0.352 e. The van der Waals surface area contributed by atoms with Crippen LogP contribution in [0.3, 0.4) is 0 Å². The van der Waals surface area contributed by atoms with Crippen LogP contribution in [0.4, 0.5) is 10.1 Å². The molecular formula is C29H33ClFN3O4S. The number of nitrogens with one attached hydrogen (secondary N) is 1. The average molecular weight is 574 g/mol. The lowest BCUT2D eigenvalue weighted by atomic mass is 10.0. The number of rotatable bonds is 11. The molecule has 3 aromatic rings. The largest absolute Gasteiger partial charge is 0.352 e. The van der Waals surface area contributed by atoms with Crippen molar-refractivity contribution in [1.29, 1.82) is 0 Å². The summed E-state index contributed by atoms with van der Waals surface area (Å²) in [6, 6.07) is 18.4. The van der Waals surface area contributed by atoms with Crippen LogP contribution in [0.15, 0.2) is 72.8 Å². The molecule has 10 heteroatoms. The van der Waals surface area contributed by atoms with Crippen LogP contribution in [-0.2, 0) is 32.6 Å². The van der Waals surface area contributed by atoms with E-state index in [9.17, 15) is 22.4 Å². The summed E-state index contributed by atoms with van der Waals surface area (Å²) in [7, 11) is -3.89. The molecule has 0 fully saturated rings. The second-order valence-electron chi connectivity index (χ2n) is 9.72. The summed E-state index contributed by atoms with van der Waals surface area (Å²) in [5.41, 5.74) is 2.30. The first-order valence-corrected chi connectivity index (χ1v) is 14.7. The van der Waals surface area contributed by atoms with Crippen LogP contribution in [0.2, 0.25) is 5.02 Å². The Labute approximate surface area is 234 Å². The predicted octanol–water partition coefficient (Wildman–Crippen LogP) is 4.72. The lowest BCUT2D eigenvalue weighted by Crippen LogP contribution is -2.54. The average Bonchev–Trinajstić information content (AvgIpc) is 2.85. The molecular weight excluding hydrogens is 541 g/mol. The van der Waals surface area contributed by atoms with Gasteiger partial charge >= 0.3 is 0 Å². The summed E-state index contributed by atoms with van der Waals surface area (Å²) in [4.78, 5) is 28.8. The van der Waals surface area contributed by atoms with Crippen molar-refractivity contribution >= 4 is 39.1 Å². The minimum absolute atomic E-state index is 0.0284. The Balaban J connectivity index is 2.07. The molecule has 0 aliphatic heterocycles. The van der Waals surface area contributed by atoms with Crippen molar-refractivity contribution < 1.29 is 22.4 Å². The molecule has 3 aromatic carbocycles. The third-order valence-corrected chi connectivity index (χ3v) is 7.44. The van der Waals surface area contributed by atoms with E-state index in [4.69, 9.17) is 11.6 Å². The Morgan fingerprint density at radius 3 is 2.18 bits per heavy atom. The van der Waals surface area contributed by atoms with Gasteiger partial charge in [0.25, 0.3) is 0 Å². The van der Waals surface area contributed by atoms with Crippen molar-refractivity contribution in [3.8, 4) is 0 Å². The van der Waals surface area contributed by atoms with Crippen molar-refractivity contribution in [3.05, 3.63) is 100 Å². The molecule has 0 spiro atoms. The Hall–Kier alpha value is -3.43. The molecule has 0 aliphatic carbocycles. The first kappa shape index (κ1) is 30.1. The van der Waals surface area contributed by atoms with E-state index in [1.807, 2.05) is 44.2 Å². The number of hydrogen-bond donors (Lipinski definition) is 1. The van der Waals surface area contributed by atoms with E-state index in [0.29, 0.717) is 21.8 Å². The molecule has 0 aliphatic rings. The van der Waals surface area contributed by atoms with E-state index in [2.05, 4.69) is 5.32 Å². The molecule has 2 amide bonds. The zero-order valence-corrected chi connectivity index (χ0v) is 24.0. The van der Waals surface area contributed by atoms with Crippen LogP contribution in [0.5, 0.6) is 0 Å². The molecule has 0 heterocycles. The lowest BCUT2D eigenvalue weighted by Gasteiger charge is -2.34. The van der Waals surface area contributed by atoms with Crippen LogP contribution < -0.4 is 9.62 Å². The van der Waals surface area contributed by atoms with Gasteiger partial charge in [-0.2, -0.15) is 0 Å². The smallest absolute Gasteiger partial charge is 0.244 e. The topological polar surface area (TPSA) is 86.8 Å². The minimum atomic E-state index is -3.89. The summed E-state index contributed by atoms with van der Waals surface area (Å²) in [5, 5.41) is 3.32. The number of halogens is 2. The summed E-state index contributed by atoms with van der Waals surface area (Å²) in [6.07, 6.45) is 1.22. The fourth-order valence-corrected chi connectivity index (χ4v) is 5.35. The number of hydrogen-bond acceptors (Lipinski definition) is 4. The second kappa shape index (κ2) is 13.1. The van der Waals surface area contributed by atoms with Crippen molar-refractivity contribution in [2.45, 2.75) is 45.8 Å². The molecule has 0 aromatic heterocycles. The van der Waals surface area contributed by atoms with Gasteiger partial charge in [-0.05, 0) is 67.8 Å². The number of sulfonamides is 1. The van der Waals surface area contributed by atoms with Gasteiger partial charge in [0.15, 0.2) is 0 Å². The molecule has 0 saturated carbocycles. The van der Waals surface area contributed by atoms with Gasteiger partial charge in [0.05, 0.1) is 11.9 Å². The molecule has 3 rings (SSSR count). The quantitative estimate of drug-likeness (QED) is 0.360. The van der Waals surface area contributed by atoms with Crippen LogP contribution in [0.1, 0.15) is 30.5 Å². The molecule has 1 N–H and O–H groups in total. The molecule has 208 valence electrons. The maximum Gasteiger partial charge on any atom is 0.244 e. The zero-order chi connectivity index (χ0) is 28.7. The SMILES string of the molecule is Cc1cc(Cl)ccc1N(CC(=O)N(Cc1ccc(F)cc1)[C@H](Cc1ccccc1)C(=O)NC(C)C)S(C)(=O)=O. The Morgan fingerprint density at radius 1 is 0.974 bits per heavy atom. The zero-order valence-electron chi connectivity index (χ0n) is 22.4. The highest BCUT2D eigenvalue weighted by molar-refractivity contribution is 7.92. The number of aryl methyl sites for hydroxylation is 1. The van der Waals surface area contributed by atoms with Crippen LogP contribution in [0, 0.1) is 12.7 Å². The fourth-order valence-electron chi connectivity index (χ4n) is 4.21. The number of carbonyl (C=O) groups is 2. The number of carbonyl (C=O) groups excluding carboxylic acids is 2. The third kappa shape index (κ3) is 8.53. The van der Waals surface area contributed by atoms with Gasteiger partial charge < -0.3 is 10.2 Å². The van der Waals surface area contributed by atoms with Crippen LogP contribution >= 0.6 is 11.6 Å². The highest BCUT2D eigenvalue weighted by Gasteiger charge is 2.33. The summed E-state index contributed by atoms with van der Waals surface area (Å²) < 4.78 is 40.4. The van der Waals surface area contributed by atoms with Crippen molar-refractivity contribution in [1.82, 2.24) is 10.2 Å². The molecule has 39 heavy (non-hydrogen) atoms. The molecule has 0 radical (unpaired) electrons. The van der Waals surface area contributed by atoms with E-state index >= 15 is 0 Å². The standard InChI is InChI=1S/C29H33ClFN3O4S/c1-20(2)32-29(36)27(17-22-8-6-5-7-9-22)33(18-23-10-13-25(31)14-11-23)28(35)19-34(39(4,37)38)26-15-12-24(30)16-21(26)3/h5-16,20,27H,17-19H2,1-4H3,(H,32,36)/t27-/m1/s1. The molecule has 7 nitrogen and oxygen atoms in total. The number of nitrogens with zero attached hydrogens (tertiary/aromatic N) is 2. The number of benzene rings is 3. The van der Waals surface area contributed by atoms with E-state index in [1.165, 1.54) is 29.2 Å². The van der Waals surface area contributed by atoms with Gasteiger partial charge in [-0.25, -0.2) is 12.8 Å². The lowest BCUT2D eigenvalue weighted by molar-refractivity contribution is -0.140. The highest BCUT2D eigenvalue weighted by atomic mass is 35.5. The van der Waals surface area contributed by atoms with Gasteiger partial charge in [0, 0.05) is 24.0 Å². The summed E-state index contributed by atoms with van der Waals surface area (Å²) >= 11 is 6.07. The first-order chi connectivity index (χ1) is 18.3. The second-order valence-corrected chi connectivity index (χ2v) is 12.1. The first-order valence-electron chi connectivity index (χ1n) is 12.5. The maximum atomic E-state index is 14.0. The van der Waals surface area contributed by atoms with Crippen molar-refractivity contribution in [2.24, 2.45) is 0 Å². The van der Waals surface area contributed by atoms with E-state index in [1.54, 1.807) is 25.1 Å². The van der Waals surface area contributed by atoms with Crippen LogP contribution in [0.25, 0.3) is 0 Å². The van der Waals surface area contributed by atoms with Crippen LogP contribution in [-0.4, -0.2) is 50.0 Å². The molecule has 0 unspecified atom stereocenters. The Bertz CT molecular complexity index is 1400. The third-order valence-electron chi connectivity index (χ3n) is 6.07. The van der Waals surface area contributed by atoms with E-state index in [0.717, 1.165) is 16.1 Å². The number of anilines is 1.